The Bertz CT molecular complexity index is 401. The van der Waals surface area contributed by atoms with Gasteiger partial charge in [-0.3, -0.25) is 0 Å². The number of hydrogen-bond acceptors (Lipinski definition) is 2. The summed E-state index contributed by atoms with van der Waals surface area (Å²) >= 11 is 8.52. The van der Waals surface area contributed by atoms with E-state index >= 15 is 0 Å². The molecule has 2 nitrogen and oxygen atoms in total. The summed E-state index contributed by atoms with van der Waals surface area (Å²) in [5.74, 6) is 1.52. The smallest absolute Gasteiger partial charge is 0.146 e. The zero-order valence-electron chi connectivity index (χ0n) is 10.9. The molecule has 0 saturated heterocycles. The molecule has 1 aliphatic rings. The van der Waals surface area contributed by atoms with Crippen molar-refractivity contribution in [3.63, 3.8) is 0 Å². The van der Waals surface area contributed by atoms with Crippen LogP contribution in [-0.4, -0.2) is 9.97 Å². The number of aryl methyl sites for hydroxylation is 1. The van der Waals surface area contributed by atoms with Gasteiger partial charge < -0.3 is 0 Å². The van der Waals surface area contributed by atoms with Crippen LogP contribution in [-0.2, 0) is 6.42 Å². The van der Waals surface area contributed by atoms with Gasteiger partial charge in [-0.15, -0.1) is 0 Å². The molecule has 1 fully saturated rings. The maximum atomic E-state index is 6.26. The van der Waals surface area contributed by atoms with Gasteiger partial charge in [0, 0.05) is 5.92 Å². The van der Waals surface area contributed by atoms with E-state index in [0.29, 0.717) is 11.1 Å². The quantitative estimate of drug-likeness (QED) is 0.414. The van der Waals surface area contributed by atoms with E-state index in [1.165, 1.54) is 38.5 Å². The van der Waals surface area contributed by atoms with Crippen LogP contribution in [0.4, 0.5) is 0 Å². The van der Waals surface area contributed by atoms with Crippen LogP contribution in [0.5, 0.6) is 0 Å². The first-order valence-corrected chi connectivity index (χ1v) is 8.39. The predicted octanol–water partition coefficient (Wildman–Crippen LogP) is 5.12. The van der Waals surface area contributed by atoms with E-state index in [9.17, 15) is 0 Å². The average molecular weight is 379 g/mol. The minimum Gasteiger partial charge on any atom is -0.236 e. The Hall–Kier alpha value is 0.100. The van der Waals surface area contributed by atoms with Crippen molar-refractivity contribution in [1.82, 2.24) is 9.97 Å². The molecule has 0 aliphatic heterocycles. The van der Waals surface area contributed by atoms with Gasteiger partial charge in [0.1, 0.15) is 11.0 Å². The molecular weight excluding hydrogens is 359 g/mol. The van der Waals surface area contributed by atoms with E-state index in [2.05, 4.69) is 34.5 Å². The highest BCUT2D eigenvalue weighted by Gasteiger charge is 2.19. The van der Waals surface area contributed by atoms with Gasteiger partial charge in [-0.25, -0.2) is 9.97 Å². The van der Waals surface area contributed by atoms with Crippen molar-refractivity contribution in [2.45, 2.75) is 64.2 Å². The SMILES string of the molecule is CCCc1nc(C2CCCCCC2)nc(Cl)c1I. The van der Waals surface area contributed by atoms with Crippen LogP contribution < -0.4 is 0 Å². The molecule has 18 heavy (non-hydrogen) atoms. The fraction of sp³-hybridized carbons (Fsp3) is 0.714. The molecule has 0 spiro atoms. The third kappa shape index (κ3) is 3.56. The summed E-state index contributed by atoms with van der Waals surface area (Å²) in [6.07, 6.45) is 9.88. The van der Waals surface area contributed by atoms with Gasteiger partial charge in [-0.2, -0.15) is 0 Å². The van der Waals surface area contributed by atoms with Gasteiger partial charge in [0.05, 0.1) is 9.26 Å². The number of rotatable bonds is 3. The van der Waals surface area contributed by atoms with Crippen molar-refractivity contribution in [1.29, 1.82) is 0 Å². The summed E-state index contributed by atoms with van der Waals surface area (Å²) in [5.41, 5.74) is 1.14. The number of halogens is 2. The van der Waals surface area contributed by atoms with Crippen LogP contribution in [0, 0.1) is 3.57 Å². The highest BCUT2D eigenvalue weighted by Crippen LogP contribution is 2.31. The lowest BCUT2D eigenvalue weighted by Gasteiger charge is -2.15. The Morgan fingerprint density at radius 2 is 1.83 bits per heavy atom. The van der Waals surface area contributed by atoms with E-state index in [-0.39, 0.29) is 0 Å². The summed E-state index contributed by atoms with van der Waals surface area (Å²) in [4.78, 5) is 9.31. The molecule has 100 valence electrons. The Kier molecular flexibility index (Phi) is 5.67. The third-order valence-electron chi connectivity index (χ3n) is 3.60. The van der Waals surface area contributed by atoms with Crippen LogP contribution in [0.3, 0.4) is 0 Å². The van der Waals surface area contributed by atoms with Crippen LogP contribution in [0.15, 0.2) is 0 Å². The Labute approximate surface area is 128 Å². The number of nitrogens with zero attached hydrogens (tertiary/aromatic N) is 2. The van der Waals surface area contributed by atoms with Gasteiger partial charge in [0.2, 0.25) is 0 Å². The zero-order chi connectivity index (χ0) is 13.0. The summed E-state index contributed by atoms with van der Waals surface area (Å²) in [6.45, 7) is 2.18. The standard InChI is InChI=1S/C14H20ClIN2/c1-2-7-11-12(16)13(15)18-14(17-11)10-8-5-3-4-6-9-10/h10H,2-9H2,1H3. The minimum atomic E-state index is 0.526. The molecule has 1 aromatic heterocycles. The zero-order valence-corrected chi connectivity index (χ0v) is 13.8. The first-order chi connectivity index (χ1) is 8.72. The fourth-order valence-corrected chi connectivity index (χ4v) is 3.31. The van der Waals surface area contributed by atoms with Gasteiger partial charge in [-0.1, -0.05) is 50.6 Å². The van der Waals surface area contributed by atoms with Gasteiger partial charge in [-0.05, 0) is 41.9 Å². The van der Waals surface area contributed by atoms with Crippen LogP contribution in [0.25, 0.3) is 0 Å². The predicted molar refractivity (Wildman–Crippen MR) is 84.2 cm³/mol. The lowest BCUT2D eigenvalue weighted by molar-refractivity contribution is 0.556. The third-order valence-corrected chi connectivity index (χ3v) is 5.33. The van der Waals surface area contributed by atoms with Crippen molar-refractivity contribution in [2.24, 2.45) is 0 Å². The molecule has 4 heteroatoms. The second-order valence-corrected chi connectivity index (χ2v) is 6.51. The second-order valence-electron chi connectivity index (χ2n) is 5.07. The summed E-state index contributed by atoms with van der Waals surface area (Å²) in [7, 11) is 0. The molecule has 0 N–H and O–H groups in total. The topological polar surface area (TPSA) is 25.8 Å². The molecule has 1 aromatic rings. The molecule has 1 heterocycles. The summed E-state index contributed by atoms with van der Waals surface area (Å²) < 4.78 is 1.04. The highest BCUT2D eigenvalue weighted by atomic mass is 127. The molecule has 0 unspecified atom stereocenters. The molecule has 1 aliphatic carbocycles. The number of aromatic nitrogens is 2. The van der Waals surface area contributed by atoms with Crippen LogP contribution in [0.2, 0.25) is 5.15 Å². The molecule has 1 saturated carbocycles. The van der Waals surface area contributed by atoms with E-state index in [0.717, 1.165) is 27.9 Å². The van der Waals surface area contributed by atoms with E-state index in [1.54, 1.807) is 0 Å². The molecule has 0 aromatic carbocycles. The summed E-state index contributed by atoms with van der Waals surface area (Å²) in [5, 5.41) is 0.647. The van der Waals surface area contributed by atoms with Gasteiger partial charge >= 0.3 is 0 Å². The first-order valence-electron chi connectivity index (χ1n) is 6.94. The fourth-order valence-electron chi connectivity index (χ4n) is 2.60. The van der Waals surface area contributed by atoms with Crippen molar-refractivity contribution in [2.75, 3.05) is 0 Å². The number of hydrogen-bond donors (Lipinski definition) is 0. The lowest BCUT2D eigenvalue weighted by Crippen LogP contribution is -2.08. The lowest BCUT2D eigenvalue weighted by atomic mass is 9.99. The maximum absolute atomic E-state index is 6.26. The molecule has 0 radical (unpaired) electrons. The normalized spacial score (nSPS) is 17.7. The van der Waals surface area contributed by atoms with Crippen molar-refractivity contribution in [3.05, 3.63) is 20.2 Å². The van der Waals surface area contributed by atoms with Crippen molar-refractivity contribution < 1.29 is 0 Å². The molecule has 0 amide bonds. The Balaban J connectivity index is 2.26. The Morgan fingerprint density at radius 3 is 2.44 bits per heavy atom. The maximum Gasteiger partial charge on any atom is 0.146 e. The second kappa shape index (κ2) is 7.04. The van der Waals surface area contributed by atoms with Gasteiger partial charge in [0.15, 0.2) is 0 Å². The van der Waals surface area contributed by atoms with Gasteiger partial charge in [0.25, 0.3) is 0 Å². The Morgan fingerprint density at radius 1 is 1.17 bits per heavy atom. The molecule has 2 rings (SSSR count). The largest absolute Gasteiger partial charge is 0.236 e. The van der Waals surface area contributed by atoms with Crippen LogP contribution in [0.1, 0.15) is 69.3 Å². The summed E-state index contributed by atoms with van der Waals surface area (Å²) in [6, 6.07) is 0. The van der Waals surface area contributed by atoms with E-state index in [4.69, 9.17) is 16.6 Å². The van der Waals surface area contributed by atoms with Crippen molar-refractivity contribution in [3.8, 4) is 0 Å². The van der Waals surface area contributed by atoms with E-state index < -0.39 is 0 Å². The van der Waals surface area contributed by atoms with Crippen molar-refractivity contribution >= 4 is 34.2 Å². The molecular formula is C14H20ClIN2. The van der Waals surface area contributed by atoms with Crippen LogP contribution >= 0.6 is 34.2 Å². The monoisotopic (exact) mass is 378 g/mol. The first kappa shape index (κ1) is 14.5. The van der Waals surface area contributed by atoms with E-state index in [1.807, 2.05) is 0 Å². The molecule has 0 bridgehead atoms. The highest BCUT2D eigenvalue weighted by molar-refractivity contribution is 14.1. The minimum absolute atomic E-state index is 0.526. The average Bonchev–Trinajstić information content (AvgIpc) is 2.63. The molecule has 0 atom stereocenters.